The molecule has 0 aliphatic carbocycles. The summed E-state index contributed by atoms with van der Waals surface area (Å²) >= 11 is 5.97. The summed E-state index contributed by atoms with van der Waals surface area (Å²) in [6, 6.07) is 5.21. The highest BCUT2D eigenvalue weighted by atomic mass is 35.5. The van der Waals surface area contributed by atoms with E-state index >= 15 is 0 Å². The lowest BCUT2D eigenvalue weighted by molar-refractivity contribution is -0.163. The first kappa shape index (κ1) is 22.3. The number of carbonyl (C=O) groups excluding carboxylic acids is 2. The number of nitrogens with zero attached hydrogens (tertiary/aromatic N) is 1. The van der Waals surface area contributed by atoms with Crippen LogP contribution in [0.15, 0.2) is 24.3 Å². The zero-order valence-electron chi connectivity index (χ0n) is 15.1. The summed E-state index contributed by atoms with van der Waals surface area (Å²) in [5.74, 6) is -1.72. The van der Waals surface area contributed by atoms with Crippen molar-refractivity contribution in [2.75, 3.05) is 13.1 Å². The zero-order valence-corrected chi connectivity index (χ0v) is 15.8. The molecule has 0 saturated heterocycles. The maximum absolute atomic E-state index is 12.8. The first-order valence-electron chi connectivity index (χ1n) is 8.47. The predicted molar refractivity (Wildman–Crippen MR) is 95.1 cm³/mol. The van der Waals surface area contributed by atoms with Crippen molar-refractivity contribution in [3.63, 3.8) is 0 Å². The molecular weight excluding hydrogens is 369 g/mol. The van der Waals surface area contributed by atoms with Crippen LogP contribution in [0.25, 0.3) is 0 Å². The number of benzene rings is 1. The van der Waals surface area contributed by atoms with E-state index in [1.165, 1.54) is 12.1 Å². The third kappa shape index (κ3) is 6.86. The number of nitrogens with one attached hydrogen (secondary N) is 1. The number of rotatable bonds is 8. The van der Waals surface area contributed by atoms with Gasteiger partial charge >= 0.3 is 6.18 Å². The number of carbonyl (C=O) groups is 2. The van der Waals surface area contributed by atoms with E-state index < -0.39 is 30.6 Å². The van der Waals surface area contributed by atoms with Crippen molar-refractivity contribution in [3.8, 4) is 0 Å². The van der Waals surface area contributed by atoms with Crippen LogP contribution in [-0.4, -0.2) is 42.0 Å². The fourth-order valence-electron chi connectivity index (χ4n) is 2.41. The summed E-state index contributed by atoms with van der Waals surface area (Å²) in [6.45, 7) is 3.81. The molecule has 146 valence electrons. The van der Waals surface area contributed by atoms with E-state index in [4.69, 9.17) is 11.6 Å². The van der Waals surface area contributed by atoms with E-state index in [2.05, 4.69) is 5.32 Å². The molecule has 1 atom stereocenters. The summed E-state index contributed by atoms with van der Waals surface area (Å²) in [5.41, 5.74) is 0.170. The lowest BCUT2D eigenvalue weighted by atomic mass is 10.0. The summed E-state index contributed by atoms with van der Waals surface area (Å²) in [6.07, 6.45) is -3.40. The van der Waals surface area contributed by atoms with Gasteiger partial charge in [0.2, 0.25) is 5.91 Å². The Labute approximate surface area is 156 Å². The van der Waals surface area contributed by atoms with E-state index in [0.717, 1.165) is 4.90 Å². The van der Waals surface area contributed by atoms with E-state index in [0.29, 0.717) is 12.8 Å². The van der Waals surface area contributed by atoms with E-state index in [1.54, 1.807) is 26.0 Å². The van der Waals surface area contributed by atoms with E-state index in [1.807, 2.05) is 6.92 Å². The summed E-state index contributed by atoms with van der Waals surface area (Å²) < 4.78 is 38.5. The van der Waals surface area contributed by atoms with Gasteiger partial charge in [-0.15, -0.1) is 0 Å². The van der Waals surface area contributed by atoms with Crippen LogP contribution in [0.2, 0.25) is 5.02 Å². The molecule has 1 rings (SSSR count). The van der Waals surface area contributed by atoms with Crippen LogP contribution in [-0.2, 0) is 4.79 Å². The Morgan fingerprint density at radius 3 is 2.35 bits per heavy atom. The topological polar surface area (TPSA) is 49.4 Å². The molecule has 0 aromatic heterocycles. The van der Waals surface area contributed by atoms with Gasteiger partial charge < -0.3 is 10.2 Å². The standard InChI is InChI=1S/C18H24ClF3N2O2/c1-4-5-10-24(11-18(20,21)22)17(26)15(12(2)3)23-16(25)13-8-6-7-9-14(13)19/h6-9,12,15H,4-5,10-11H2,1-3H3,(H,23,25). The number of alkyl halides is 3. The first-order chi connectivity index (χ1) is 12.1. The molecule has 1 N–H and O–H groups in total. The Morgan fingerprint density at radius 2 is 1.85 bits per heavy atom. The Kier molecular flexibility index (Phi) is 8.40. The van der Waals surface area contributed by atoms with Crippen LogP contribution in [0.1, 0.15) is 44.0 Å². The van der Waals surface area contributed by atoms with Gasteiger partial charge in [0.05, 0.1) is 10.6 Å². The van der Waals surface area contributed by atoms with Gasteiger partial charge in [-0.25, -0.2) is 0 Å². The van der Waals surface area contributed by atoms with Crippen LogP contribution in [0.3, 0.4) is 0 Å². The molecule has 0 fully saturated rings. The lowest BCUT2D eigenvalue weighted by Gasteiger charge is -2.30. The van der Waals surface area contributed by atoms with Crippen LogP contribution < -0.4 is 5.32 Å². The summed E-state index contributed by atoms with van der Waals surface area (Å²) in [5, 5.41) is 2.74. The van der Waals surface area contributed by atoms with E-state index in [9.17, 15) is 22.8 Å². The average Bonchev–Trinajstić information content (AvgIpc) is 2.54. The van der Waals surface area contributed by atoms with Crippen molar-refractivity contribution in [1.29, 1.82) is 0 Å². The fraction of sp³-hybridized carbons (Fsp3) is 0.556. The quantitative estimate of drug-likeness (QED) is 0.717. The van der Waals surface area contributed by atoms with Gasteiger partial charge in [-0.1, -0.05) is 50.9 Å². The monoisotopic (exact) mass is 392 g/mol. The molecule has 0 saturated carbocycles. The van der Waals surface area contributed by atoms with Crippen molar-refractivity contribution in [2.24, 2.45) is 5.92 Å². The zero-order chi connectivity index (χ0) is 19.9. The Balaban J connectivity index is 2.99. The SMILES string of the molecule is CCCCN(CC(F)(F)F)C(=O)C(NC(=O)c1ccccc1Cl)C(C)C. The molecule has 0 aliphatic heterocycles. The van der Waals surface area contributed by atoms with Crippen molar-refractivity contribution in [3.05, 3.63) is 34.9 Å². The second-order valence-corrected chi connectivity index (χ2v) is 6.81. The molecule has 0 spiro atoms. The minimum absolute atomic E-state index is 0.0139. The maximum Gasteiger partial charge on any atom is 0.406 e. The van der Waals surface area contributed by atoms with Gasteiger partial charge in [0.15, 0.2) is 0 Å². The summed E-state index contributed by atoms with van der Waals surface area (Å²) in [4.78, 5) is 25.9. The van der Waals surface area contributed by atoms with Crippen LogP contribution >= 0.6 is 11.6 Å². The van der Waals surface area contributed by atoms with Crippen LogP contribution in [0, 0.1) is 5.92 Å². The molecule has 0 radical (unpaired) electrons. The minimum atomic E-state index is -4.50. The second kappa shape index (κ2) is 9.80. The Morgan fingerprint density at radius 1 is 1.23 bits per heavy atom. The average molecular weight is 393 g/mol. The number of amides is 2. The van der Waals surface area contributed by atoms with Crippen LogP contribution in [0.5, 0.6) is 0 Å². The third-order valence-corrected chi connectivity index (χ3v) is 4.13. The number of hydrogen-bond acceptors (Lipinski definition) is 2. The fourth-order valence-corrected chi connectivity index (χ4v) is 2.63. The Hall–Kier alpha value is -1.76. The van der Waals surface area contributed by atoms with E-state index in [-0.39, 0.29) is 23.0 Å². The lowest BCUT2D eigenvalue weighted by Crippen LogP contribution is -2.53. The number of unbranched alkanes of at least 4 members (excludes halogenated alkanes) is 1. The number of hydrogen-bond donors (Lipinski definition) is 1. The highest BCUT2D eigenvalue weighted by Crippen LogP contribution is 2.20. The van der Waals surface area contributed by atoms with Crippen molar-refractivity contribution >= 4 is 23.4 Å². The maximum atomic E-state index is 12.8. The third-order valence-electron chi connectivity index (χ3n) is 3.80. The second-order valence-electron chi connectivity index (χ2n) is 6.40. The largest absolute Gasteiger partial charge is 0.406 e. The number of halogens is 4. The molecule has 0 bridgehead atoms. The van der Waals surface area contributed by atoms with Crippen LogP contribution in [0.4, 0.5) is 13.2 Å². The minimum Gasteiger partial charge on any atom is -0.340 e. The van der Waals surface area contributed by atoms with Crippen molar-refractivity contribution in [1.82, 2.24) is 10.2 Å². The smallest absolute Gasteiger partial charge is 0.340 e. The molecule has 4 nitrogen and oxygen atoms in total. The van der Waals surface area contributed by atoms with Gasteiger partial charge in [0, 0.05) is 6.54 Å². The Bertz CT molecular complexity index is 621. The predicted octanol–water partition coefficient (Wildman–Crippen LogP) is 4.29. The van der Waals surface area contributed by atoms with Gasteiger partial charge in [0.1, 0.15) is 12.6 Å². The van der Waals surface area contributed by atoms with Crippen molar-refractivity contribution in [2.45, 2.75) is 45.8 Å². The van der Waals surface area contributed by atoms with Gasteiger partial charge in [-0.2, -0.15) is 13.2 Å². The van der Waals surface area contributed by atoms with Gasteiger partial charge in [-0.05, 0) is 24.5 Å². The molecular formula is C18H24ClF3N2O2. The molecule has 1 aromatic carbocycles. The normalized spacial score (nSPS) is 12.8. The highest BCUT2D eigenvalue weighted by molar-refractivity contribution is 6.33. The molecule has 1 unspecified atom stereocenters. The molecule has 1 aromatic rings. The van der Waals surface area contributed by atoms with Crippen molar-refractivity contribution < 1.29 is 22.8 Å². The molecule has 0 heterocycles. The highest BCUT2D eigenvalue weighted by Gasteiger charge is 2.36. The molecule has 2 amide bonds. The first-order valence-corrected chi connectivity index (χ1v) is 8.85. The molecule has 0 aliphatic rings. The van der Waals surface area contributed by atoms with Gasteiger partial charge in [0.25, 0.3) is 5.91 Å². The molecule has 26 heavy (non-hydrogen) atoms. The molecule has 8 heteroatoms. The summed E-state index contributed by atoms with van der Waals surface area (Å²) in [7, 11) is 0. The van der Waals surface area contributed by atoms with Gasteiger partial charge in [-0.3, -0.25) is 9.59 Å².